The average Bonchev–Trinajstić information content (AvgIpc) is 2.72. The number of anilines is 1. The van der Waals surface area contributed by atoms with Crippen molar-refractivity contribution in [3.05, 3.63) is 56.5 Å². The lowest BCUT2D eigenvalue weighted by Crippen LogP contribution is -2.37. The highest BCUT2D eigenvalue weighted by Crippen LogP contribution is 2.33. The molecule has 1 N–H and O–H groups in total. The predicted octanol–water partition coefficient (Wildman–Crippen LogP) is 3.30. The van der Waals surface area contributed by atoms with Gasteiger partial charge in [0.25, 0.3) is 15.9 Å². The number of carbonyl (C=O) groups is 2. The Morgan fingerprint density at radius 1 is 1.16 bits per heavy atom. The molecular formula is C16H12Br2N2O4S. The second kappa shape index (κ2) is 6.54. The molecule has 2 aromatic rings. The van der Waals surface area contributed by atoms with E-state index < -0.39 is 28.4 Å². The van der Waals surface area contributed by atoms with Crippen molar-refractivity contribution in [2.75, 3.05) is 11.9 Å². The first-order chi connectivity index (χ1) is 11.7. The third-order valence-corrected chi connectivity index (χ3v) is 6.69. The normalized spacial score (nSPS) is 15.2. The Morgan fingerprint density at radius 3 is 2.36 bits per heavy atom. The molecule has 0 aliphatic carbocycles. The number of halogens is 2. The van der Waals surface area contributed by atoms with E-state index in [0.717, 1.165) is 5.56 Å². The van der Waals surface area contributed by atoms with Crippen LogP contribution >= 0.6 is 31.9 Å². The van der Waals surface area contributed by atoms with Gasteiger partial charge in [-0.25, -0.2) is 12.7 Å². The van der Waals surface area contributed by atoms with Gasteiger partial charge >= 0.3 is 0 Å². The third-order valence-electron chi connectivity index (χ3n) is 3.65. The molecule has 0 unspecified atom stereocenters. The number of sulfonamides is 1. The second-order valence-corrected chi connectivity index (χ2v) is 9.00. The van der Waals surface area contributed by atoms with Gasteiger partial charge in [0, 0.05) is 8.95 Å². The van der Waals surface area contributed by atoms with Gasteiger partial charge in [0.2, 0.25) is 5.91 Å². The minimum absolute atomic E-state index is 0.0768. The molecule has 1 aliphatic heterocycles. The van der Waals surface area contributed by atoms with Gasteiger partial charge in [0.1, 0.15) is 11.4 Å². The fraction of sp³-hybridized carbons (Fsp3) is 0.125. The monoisotopic (exact) mass is 486 g/mol. The molecule has 0 aromatic heterocycles. The molecule has 0 bridgehead atoms. The number of fused-ring (bicyclic) bond motifs is 1. The van der Waals surface area contributed by atoms with Gasteiger partial charge < -0.3 is 5.32 Å². The maximum Gasteiger partial charge on any atom is 0.269 e. The van der Waals surface area contributed by atoms with Gasteiger partial charge in [-0.1, -0.05) is 12.1 Å². The minimum atomic E-state index is -4.01. The molecule has 0 radical (unpaired) electrons. The van der Waals surface area contributed by atoms with Crippen molar-refractivity contribution >= 4 is 59.4 Å². The largest absolute Gasteiger partial charge is 0.323 e. The van der Waals surface area contributed by atoms with Crippen molar-refractivity contribution in [2.45, 2.75) is 11.8 Å². The molecule has 1 heterocycles. The van der Waals surface area contributed by atoms with Crippen molar-refractivity contribution in [1.29, 1.82) is 0 Å². The molecule has 0 atom stereocenters. The molecule has 3 rings (SSSR count). The van der Waals surface area contributed by atoms with E-state index in [1.807, 2.05) is 19.1 Å². The van der Waals surface area contributed by atoms with Crippen LogP contribution < -0.4 is 5.32 Å². The molecule has 0 saturated heterocycles. The number of amides is 2. The van der Waals surface area contributed by atoms with Crippen molar-refractivity contribution in [3.8, 4) is 0 Å². The number of nitrogens with zero attached hydrogens (tertiary/aromatic N) is 1. The fourth-order valence-corrected chi connectivity index (χ4v) is 5.65. The number of rotatable bonds is 3. The average molecular weight is 488 g/mol. The van der Waals surface area contributed by atoms with E-state index in [1.165, 1.54) is 18.2 Å². The summed E-state index contributed by atoms with van der Waals surface area (Å²) >= 11 is 6.71. The van der Waals surface area contributed by atoms with Crippen LogP contribution in [-0.4, -0.2) is 31.1 Å². The highest BCUT2D eigenvalue weighted by atomic mass is 79.9. The first kappa shape index (κ1) is 18.1. The van der Waals surface area contributed by atoms with Crippen LogP contribution in [0.2, 0.25) is 0 Å². The van der Waals surface area contributed by atoms with E-state index in [4.69, 9.17) is 0 Å². The Labute approximate surface area is 161 Å². The Balaban J connectivity index is 1.85. The van der Waals surface area contributed by atoms with Gasteiger partial charge in [0.15, 0.2) is 0 Å². The minimum Gasteiger partial charge on any atom is -0.323 e. The molecule has 2 amide bonds. The molecule has 0 saturated carbocycles. The van der Waals surface area contributed by atoms with Gasteiger partial charge in [-0.2, -0.15) is 0 Å². The van der Waals surface area contributed by atoms with E-state index in [-0.39, 0.29) is 10.5 Å². The van der Waals surface area contributed by atoms with Gasteiger partial charge in [-0.3, -0.25) is 9.59 Å². The first-order valence-electron chi connectivity index (χ1n) is 7.13. The Hall–Kier alpha value is -1.71. The highest BCUT2D eigenvalue weighted by molar-refractivity contribution is 9.11. The zero-order valence-corrected chi connectivity index (χ0v) is 16.9. The fourth-order valence-electron chi connectivity index (χ4n) is 2.52. The SMILES string of the molecule is Cc1cc(Br)c(NC(=O)CN2C(=O)c3ccccc3S2(=O)=O)c(Br)c1. The third kappa shape index (κ3) is 3.23. The molecule has 1 aliphatic rings. The van der Waals surface area contributed by atoms with Crippen LogP contribution in [0.5, 0.6) is 0 Å². The van der Waals surface area contributed by atoms with Crippen LogP contribution in [0.25, 0.3) is 0 Å². The number of aryl methyl sites for hydroxylation is 1. The van der Waals surface area contributed by atoms with Gasteiger partial charge in [-0.05, 0) is 68.6 Å². The van der Waals surface area contributed by atoms with E-state index >= 15 is 0 Å². The summed E-state index contributed by atoms with van der Waals surface area (Å²) in [6.07, 6.45) is 0. The molecule has 25 heavy (non-hydrogen) atoms. The molecule has 9 heteroatoms. The van der Waals surface area contributed by atoms with Crippen LogP contribution in [0.15, 0.2) is 50.2 Å². The summed E-state index contributed by atoms with van der Waals surface area (Å²) < 4.78 is 26.8. The molecule has 6 nitrogen and oxygen atoms in total. The molecule has 2 aromatic carbocycles. The molecule has 0 fully saturated rings. The Kier molecular flexibility index (Phi) is 4.74. The quantitative estimate of drug-likeness (QED) is 0.719. The standard InChI is InChI=1S/C16H12Br2N2O4S/c1-9-6-11(17)15(12(18)7-9)19-14(21)8-20-16(22)10-4-2-3-5-13(10)25(20,23)24/h2-7H,8H2,1H3,(H,19,21). The molecule has 130 valence electrons. The van der Waals surface area contributed by atoms with Crippen molar-refractivity contribution < 1.29 is 18.0 Å². The maximum atomic E-state index is 12.5. The number of carbonyl (C=O) groups excluding carboxylic acids is 2. The smallest absolute Gasteiger partial charge is 0.269 e. The van der Waals surface area contributed by atoms with Crippen LogP contribution in [-0.2, 0) is 14.8 Å². The molecule has 0 spiro atoms. The van der Waals surface area contributed by atoms with Crippen LogP contribution in [0.1, 0.15) is 15.9 Å². The Morgan fingerprint density at radius 2 is 1.76 bits per heavy atom. The van der Waals surface area contributed by atoms with E-state index in [2.05, 4.69) is 37.2 Å². The molecular weight excluding hydrogens is 476 g/mol. The lowest BCUT2D eigenvalue weighted by atomic mass is 10.2. The number of nitrogens with one attached hydrogen (secondary N) is 1. The summed E-state index contributed by atoms with van der Waals surface area (Å²) in [5.41, 5.74) is 1.52. The lowest BCUT2D eigenvalue weighted by Gasteiger charge is -2.16. The second-order valence-electron chi connectivity index (χ2n) is 5.46. The topological polar surface area (TPSA) is 83.6 Å². The zero-order valence-electron chi connectivity index (χ0n) is 12.9. The van der Waals surface area contributed by atoms with E-state index in [1.54, 1.807) is 6.07 Å². The first-order valence-corrected chi connectivity index (χ1v) is 10.2. The maximum absolute atomic E-state index is 12.5. The summed E-state index contributed by atoms with van der Waals surface area (Å²) in [5, 5.41) is 2.63. The highest BCUT2D eigenvalue weighted by Gasteiger charge is 2.41. The van der Waals surface area contributed by atoms with Crippen molar-refractivity contribution in [2.24, 2.45) is 0 Å². The van der Waals surface area contributed by atoms with E-state index in [0.29, 0.717) is 18.9 Å². The summed E-state index contributed by atoms with van der Waals surface area (Å²) in [4.78, 5) is 24.6. The number of hydrogen-bond acceptors (Lipinski definition) is 4. The number of benzene rings is 2. The summed E-state index contributed by atoms with van der Waals surface area (Å²) in [5.74, 6) is -1.32. The summed E-state index contributed by atoms with van der Waals surface area (Å²) in [6, 6.07) is 9.53. The Bertz CT molecular complexity index is 982. The summed E-state index contributed by atoms with van der Waals surface area (Å²) in [7, 11) is -4.01. The van der Waals surface area contributed by atoms with E-state index in [9.17, 15) is 18.0 Å². The van der Waals surface area contributed by atoms with Crippen molar-refractivity contribution in [1.82, 2.24) is 4.31 Å². The van der Waals surface area contributed by atoms with Crippen molar-refractivity contribution in [3.63, 3.8) is 0 Å². The zero-order chi connectivity index (χ0) is 18.4. The number of hydrogen-bond donors (Lipinski definition) is 1. The van der Waals surface area contributed by atoms with Crippen LogP contribution in [0, 0.1) is 6.92 Å². The van der Waals surface area contributed by atoms with Crippen LogP contribution in [0.3, 0.4) is 0 Å². The predicted molar refractivity (Wildman–Crippen MR) is 99.9 cm³/mol. The van der Waals surface area contributed by atoms with Crippen LogP contribution in [0.4, 0.5) is 5.69 Å². The van der Waals surface area contributed by atoms with Gasteiger partial charge in [-0.15, -0.1) is 0 Å². The summed E-state index contributed by atoms with van der Waals surface area (Å²) in [6.45, 7) is 1.30. The van der Waals surface area contributed by atoms with Gasteiger partial charge in [0.05, 0.1) is 11.3 Å². The lowest BCUT2D eigenvalue weighted by molar-refractivity contribution is -0.116.